The minimum absolute atomic E-state index is 0. The summed E-state index contributed by atoms with van der Waals surface area (Å²) in [7, 11) is 3.24. The molecule has 0 saturated heterocycles. The van der Waals surface area contributed by atoms with E-state index in [1.165, 1.54) is 19.2 Å². The maximum absolute atomic E-state index is 13.4. The van der Waals surface area contributed by atoms with E-state index in [0.29, 0.717) is 11.6 Å². The summed E-state index contributed by atoms with van der Waals surface area (Å²) in [5.41, 5.74) is 0.879. The molecule has 0 aliphatic rings. The lowest BCUT2D eigenvalue weighted by molar-refractivity contribution is 0.393. The molecule has 0 aliphatic heterocycles. The summed E-state index contributed by atoms with van der Waals surface area (Å²) >= 11 is 0. The lowest BCUT2D eigenvalue weighted by Gasteiger charge is -2.06. The van der Waals surface area contributed by atoms with Crippen LogP contribution in [0.4, 0.5) is 14.5 Å². The van der Waals surface area contributed by atoms with Crippen LogP contribution in [0.5, 0.6) is 5.88 Å². The third-order valence-corrected chi connectivity index (χ3v) is 2.49. The molecule has 7 heteroatoms. The van der Waals surface area contributed by atoms with Gasteiger partial charge in [-0.2, -0.15) is 0 Å². The fourth-order valence-electron chi connectivity index (χ4n) is 1.62. The van der Waals surface area contributed by atoms with Gasteiger partial charge in [0.25, 0.3) is 5.88 Å². The Bertz CT molecular complexity index is 560. The van der Waals surface area contributed by atoms with Crippen molar-refractivity contribution in [1.82, 2.24) is 9.78 Å². The number of aromatic nitrogens is 2. The van der Waals surface area contributed by atoms with Crippen LogP contribution in [0.15, 0.2) is 24.4 Å². The number of anilines is 1. The van der Waals surface area contributed by atoms with Gasteiger partial charge in [0.15, 0.2) is 11.6 Å². The molecule has 1 aromatic carbocycles. The van der Waals surface area contributed by atoms with Crippen molar-refractivity contribution in [3.63, 3.8) is 0 Å². The minimum atomic E-state index is -0.854. The molecule has 4 nitrogen and oxygen atoms in total. The van der Waals surface area contributed by atoms with Crippen molar-refractivity contribution >= 4 is 18.1 Å². The Kier molecular flexibility index (Phi) is 5.11. The van der Waals surface area contributed by atoms with E-state index in [1.807, 2.05) is 0 Å². The zero-order valence-electron chi connectivity index (χ0n) is 10.5. The van der Waals surface area contributed by atoms with Crippen molar-refractivity contribution in [1.29, 1.82) is 0 Å². The lowest BCUT2D eigenvalue weighted by Crippen LogP contribution is -2.03. The predicted molar refractivity (Wildman–Crippen MR) is 70.7 cm³/mol. The number of hydrogen-bond donors (Lipinski definition) is 1. The van der Waals surface area contributed by atoms with Gasteiger partial charge in [-0.1, -0.05) is 12.1 Å². The number of benzene rings is 1. The molecule has 1 aromatic heterocycles. The number of nitrogens with zero attached hydrogens (tertiary/aromatic N) is 2. The van der Waals surface area contributed by atoms with E-state index in [1.54, 1.807) is 17.9 Å². The average molecular weight is 290 g/mol. The maximum atomic E-state index is 13.4. The highest BCUT2D eigenvalue weighted by atomic mass is 35.5. The molecule has 0 radical (unpaired) electrons. The second-order valence-corrected chi connectivity index (χ2v) is 3.79. The van der Waals surface area contributed by atoms with Gasteiger partial charge in [-0.25, -0.2) is 8.78 Å². The van der Waals surface area contributed by atoms with Gasteiger partial charge in [-0.15, -0.1) is 17.5 Å². The molecule has 19 heavy (non-hydrogen) atoms. The van der Waals surface area contributed by atoms with E-state index in [-0.39, 0.29) is 24.5 Å². The Morgan fingerprint density at radius 2 is 2.11 bits per heavy atom. The van der Waals surface area contributed by atoms with Crippen molar-refractivity contribution in [2.75, 3.05) is 12.4 Å². The largest absolute Gasteiger partial charge is 0.478 e. The van der Waals surface area contributed by atoms with E-state index in [4.69, 9.17) is 4.74 Å². The average Bonchev–Trinajstić information content (AvgIpc) is 2.71. The summed E-state index contributed by atoms with van der Waals surface area (Å²) in [5, 5.41) is 7.00. The third-order valence-electron chi connectivity index (χ3n) is 2.49. The highest BCUT2D eigenvalue weighted by molar-refractivity contribution is 5.85. The Balaban J connectivity index is 0.00000180. The van der Waals surface area contributed by atoms with Crippen LogP contribution in [0.1, 0.15) is 5.56 Å². The summed E-state index contributed by atoms with van der Waals surface area (Å²) in [6.07, 6.45) is 1.70. The van der Waals surface area contributed by atoms with Gasteiger partial charge in [0, 0.05) is 19.2 Å². The van der Waals surface area contributed by atoms with E-state index < -0.39 is 11.6 Å². The molecular weight excluding hydrogens is 276 g/mol. The number of rotatable bonds is 4. The van der Waals surface area contributed by atoms with E-state index >= 15 is 0 Å². The number of methoxy groups -OCH3 is 1. The Hall–Kier alpha value is -1.82. The van der Waals surface area contributed by atoms with Crippen molar-refractivity contribution in [3.05, 3.63) is 41.6 Å². The topological polar surface area (TPSA) is 39.1 Å². The van der Waals surface area contributed by atoms with Gasteiger partial charge < -0.3 is 10.1 Å². The Morgan fingerprint density at radius 3 is 2.79 bits per heavy atom. The SMILES string of the molecule is COc1nn(C)cc1NCc1cccc(F)c1F.Cl. The van der Waals surface area contributed by atoms with Crippen LogP contribution in [-0.2, 0) is 13.6 Å². The molecule has 0 atom stereocenters. The number of hydrogen-bond acceptors (Lipinski definition) is 3. The molecule has 0 fully saturated rings. The van der Waals surface area contributed by atoms with Crippen molar-refractivity contribution in [2.45, 2.75) is 6.54 Å². The monoisotopic (exact) mass is 289 g/mol. The molecule has 2 rings (SSSR count). The van der Waals surface area contributed by atoms with Gasteiger partial charge in [-0.3, -0.25) is 4.68 Å². The molecule has 104 valence electrons. The Morgan fingerprint density at radius 1 is 1.37 bits per heavy atom. The van der Waals surface area contributed by atoms with Gasteiger partial charge in [0.2, 0.25) is 0 Å². The van der Waals surface area contributed by atoms with Gasteiger partial charge in [0.1, 0.15) is 5.69 Å². The molecule has 2 aromatic rings. The van der Waals surface area contributed by atoms with Crippen LogP contribution < -0.4 is 10.1 Å². The fraction of sp³-hybridized carbons (Fsp3) is 0.250. The Labute approximate surface area is 115 Å². The zero-order valence-corrected chi connectivity index (χ0v) is 11.3. The van der Waals surface area contributed by atoms with Crippen LogP contribution in [0.2, 0.25) is 0 Å². The molecule has 0 unspecified atom stereocenters. The van der Waals surface area contributed by atoms with E-state index in [9.17, 15) is 8.78 Å². The first kappa shape index (κ1) is 15.2. The zero-order chi connectivity index (χ0) is 13.1. The lowest BCUT2D eigenvalue weighted by atomic mass is 10.2. The number of halogens is 3. The second-order valence-electron chi connectivity index (χ2n) is 3.79. The molecular formula is C12H14ClF2N3O. The first-order valence-electron chi connectivity index (χ1n) is 5.36. The van der Waals surface area contributed by atoms with Gasteiger partial charge in [-0.05, 0) is 6.07 Å². The smallest absolute Gasteiger partial charge is 0.256 e. The number of nitrogens with one attached hydrogen (secondary N) is 1. The molecule has 0 aliphatic carbocycles. The highest BCUT2D eigenvalue weighted by Gasteiger charge is 2.10. The third kappa shape index (κ3) is 3.35. The van der Waals surface area contributed by atoms with Crippen LogP contribution in [0, 0.1) is 11.6 Å². The number of aryl methyl sites for hydroxylation is 1. The molecule has 0 bridgehead atoms. The van der Waals surface area contributed by atoms with Crippen molar-refractivity contribution in [3.8, 4) is 5.88 Å². The van der Waals surface area contributed by atoms with Gasteiger partial charge >= 0.3 is 0 Å². The molecule has 1 N–H and O–H groups in total. The van der Waals surface area contributed by atoms with Crippen LogP contribution in [0.3, 0.4) is 0 Å². The summed E-state index contributed by atoms with van der Waals surface area (Å²) < 4.78 is 33.1. The number of ether oxygens (including phenoxy) is 1. The summed E-state index contributed by atoms with van der Waals surface area (Å²) in [6, 6.07) is 4.08. The first-order valence-corrected chi connectivity index (χ1v) is 5.36. The first-order chi connectivity index (χ1) is 8.61. The van der Waals surface area contributed by atoms with Crippen LogP contribution in [-0.4, -0.2) is 16.9 Å². The second kappa shape index (κ2) is 6.38. The van der Waals surface area contributed by atoms with E-state index in [0.717, 1.165) is 6.07 Å². The highest BCUT2D eigenvalue weighted by Crippen LogP contribution is 2.22. The van der Waals surface area contributed by atoms with Crippen molar-refractivity contribution < 1.29 is 13.5 Å². The summed E-state index contributed by atoms with van der Waals surface area (Å²) in [6.45, 7) is 0.158. The van der Waals surface area contributed by atoms with Crippen molar-refractivity contribution in [2.24, 2.45) is 7.05 Å². The maximum Gasteiger partial charge on any atom is 0.256 e. The van der Waals surface area contributed by atoms with Crippen LogP contribution >= 0.6 is 12.4 Å². The fourth-order valence-corrected chi connectivity index (χ4v) is 1.62. The predicted octanol–water partition coefficient (Wildman–Crippen LogP) is 2.74. The van der Waals surface area contributed by atoms with Gasteiger partial charge in [0.05, 0.1) is 13.3 Å². The molecule has 0 spiro atoms. The standard InChI is InChI=1S/C12H13F2N3O.ClH/c1-17-7-10(12(16-17)18-2)15-6-8-4-3-5-9(13)11(8)14;/h3-5,7,15H,6H2,1-2H3;1H. The normalized spacial score (nSPS) is 9.89. The summed E-state index contributed by atoms with van der Waals surface area (Å²) in [5.74, 6) is -1.28. The quantitative estimate of drug-likeness (QED) is 0.941. The van der Waals surface area contributed by atoms with Crippen LogP contribution in [0.25, 0.3) is 0 Å². The molecule has 0 amide bonds. The van der Waals surface area contributed by atoms with E-state index in [2.05, 4.69) is 10.4 Å². The summed E-state index contributed by atoms with van der Waals surface area (Å²) in [4.78, 5) is 0. The minimum Gasteiger partial charge on any atom is -0.478 e. The molecule has 0 saturated carbocycles. The molecule has 1 heterocycles.